The van der Waals surface area contributed by atoms with Crippen LogP contribution in [0.3, 0.4) is 0 Å². The number of alkyl halides is 3. The van der Waals surface area contributed by atoms with Crippen LogP contribution in [0.4, 0.5) is 18.9 Å². The van der Waals surface area contributed by atoms with E-state index in [4.69, 9.17) is 5.73 Å². The van der Waals surface area contributed by atoms with Gasteiger partial charge in [0.15, 0.2) is 5.69 Å². The number of anilines is 1. The predicted octanol–water partition coefficient (Wildman–Crippen LogP) is 5.07. The van der Waals surface area contributed by atoms with Gasteiger partial charge in [-0.05, 0) is 71.8 Å². The molecule has 0 radical (unpaired) electrons. The van der Waals surface area contributed by atoms with Crippen LogP contribution >= 0.6 is 0 Å². The van der Waals surface area contributed by atoms with Crippen LogP contribution in [-0.2, 0) is 29.6 Å². The molecule has 4 N–H and O–H groups in total. The summed E-state index contributed by atoms with van der Waals surface area (Å²) in [4.78, 5) is 13.4. The number of aromatic nitrogens is 2. The smallest absolute Gasteiger partial charge is 0.435 e. The van der Waals surface area contributed by atoms with Crippen molar-refractivity contribution < 1.29 is 26.7 Å². The number of amides is 1. The van der Waals surface area contributed by atoms with Crippen molar-refractivity contribution in [1.82, 2.24) is 15.1 Å². The van der Waals surface area contributed by atoms with E-state index in [1.54, 1.807) is 54.6 Å². The zero-order valence-electron chi connectivity index (χ0n) is 22.4. The molecule has 1 fully saturated rings. The number of nitrogens with two attached hydrogens (primary N) is 1. The van der Waals surface area contributed by atoms with Crippen molar-refractivity contribution in [2.75, 3.05) is 11.9 Å². The minimum atomic E-state index is -4.76. The molecule has 1 amide bonds. The summed E-state index contributed by atoms with van der Waals surface area (Å²) in [5.41, 5.74) is 7.70. The normalized spacial score (nSPS) is 14.9. The third-order valence-corrected chi connectivity index (χ3v) is 7.59. The minimum Gasteiger partial charge on any atom is -0.772 e. The van der Waals surface area contributed by atoms with Gasteiger partial charge in [0.25, 0.3) is 5.91 Å². The maximum atomic E-state index is 13.6. The van der Waals surface area contributed by atoms with E-state index < -0.39 is 28.9 Å². The van der Waals surface area contributed by atoms with E-state index in [1.165, 1.54) is 0 Å². The van der Waals surface area contributed by atoms with Gasteiger partial charge in [-0.2, -0.15) is 18.3 Å². The number of benzene rings is 3. The molecule has 0 bridgehead atoms. The standard InChI is InChI=1S/C30H30F3N5O3S/c31-30(32,33)27-15-26(38(37-27)24-9-3-5-20(13-24)16-34)29(39)36-23-8-4-7-21(14-23)28(35-17-19-11-12-19)25-10-2-1-6-22(25)18-42(40)41/h1-10,13-15,19,28,35H,11-12,16-18,34H2,(H,36,39)(H,40,41)/p-1. The van der Waals surface area contributed by atoms with Gasteiger partial charge >= 0.3 is 6.18 Å². The van der Waals surface area contributed by atoms with Gasteiger partial charge in [-0.1, -0.05) is 59.6 Å². The van der Waals surface area contributed by atoms with Crippen LogP contribution in [-0.4, -0.2) is 31.0 Å². The van der Waals surface area contributed by atoms with Crippen molar-refractivity contribution in [2.45, 2.75) is 37.4 Å². The fourth-order valence-corrected chi connectivity index (χ4v) is 5.29. The van der Waals surface area contributed by atoms with Crippen molar-refractivity contribution >= 4 is 22.7 Å². The zero-order valence-corrected chi connectivity index (χ0v) is 23.3. The molecule has 0 saturated heterocycles. The van der Waals surface area contributed by atoms with Crippen LogP contribution in [0.2, 0.25) is 0 Å². The Morgan fingerprint density at radius 3 is 2.55 bits per heavy atom. The quantitative estimate of drug-likeness (QED) is 0.208. The summed E-state index contributed by atoms with van der Waals surface area (Å²) in [5.74, 6) is -0.388. The topological polar surface area (TPSA) is 125 Å². The number of carbonyl (C=O) groups excluding carboxylic acids is 1. The van der Waals surface area contributed by atoms with Gasteiger partial charge in [-0.25, -0.2) is 4.68 Å². The van der Waals surface area contributed by atoms with Gasteiger partial charge in [0.05, 0.1) is 11.7 Å². The largest absolute Gasteiger partial charge is 0.772 e. The van der Waals surface area contributed by atoms with Crippen LogP contribution in [0, 0.1) is 5.92 Å². The molecular formula is C30H29F3N5O3S-. The molecule has 5 rings (SSSR count). The summed E-state index contributed by atoms with van der Waals surface area (Å²) in [6.45, 7) is 0.899. The second-order valence-corrected chi connectivity index (χ2v) is 11.1. The second-order valence-electron chi connectivity index (χ2n) is 10.2. The Morgan fingerprint density at radius 2 is 1.83 bits per heavy atom. The fourth-order valence-electron chi connectivity index (χ4n) is 4.77. The van der Waals surface area contributed by atoms with Crippen LogP contribution in [0.5, 0.6) is 0 Å². The summed E-state index contributed by atoms with van der Waals surface area (Å²) >= 11 is -2.29. The van der Waals surface area contributed by atoms with Gasteiger partial charge in [-0.15, -0.1) is 0 Å². The third-order valence-electron chi connectivity index (χ3n) is 7.05. The average Bonchev–Trinajstić information content (AvgIpc) is 3.67. The number of nitrogens with zero attached hydrogens (tertiary/aromatic N) is 2. The molecule has 12 heteroatoms. The molecule has 3 aromatic carbocycles. The van der Waals surface area contributed by atoms with E-state index in [0.29, 0.717) is 28.8 Å². The molecular weight excluding hydrogens is 567 g/mol. The molecule has 1 heterocycles. The number of rotatable bonds is 11. The molecule has 220 valence electrons. The third kappa shape index (κ3) is 7.13. The first-order chi connectivity index (χ1) is 20.1. The molecule has 2 atom stereocenters. The lowest BCUT2D eigenvalue weighted by molar-refractivity contribution is -0.141. The lowest BCUT2D eigenvalue weighted by Gasteiger charge is -2.24. The summed E-state index contributed by atoms with van der Waals surface area (Å²) in [6, 6.07) is 21.0. The highest BCUT2D eigenvalue weighted by atomic mass is 32.2. The lowest BCUT2D eigenvalue weighted by Crippen LogP contribution is -2.26. The summed E-state index contributed by atoms with van der Waals surface area (Å²) in [7, 11) is 0. The Morgan fingerprint density at radius 1 is 1.07 bits per heavy atom. The zero-order chi connectivity index (χ0) is 29.9. The van der Waals surface area contributed by atoms with Crippen molar-refractivity contribution in [1.29, 1.82) is 0 Å². The summed E-state index contributed by atoms with van der Waals surface area (Å²) in [5, 5.41) is 9.94. The van der Waals surface area contributed by atoms with Gasteiger partial charge in [0, 0.05) is 24.1 Å². The fraction of sp³-hybridized carbons (Fsp3) is 0.267. The predicted molar refractivity (Wildman–Crippen MR) is 152 cm³/mol. The number of halogens is 3. The lowest BCUT2D eigenvalue weighted by atomic mass is 9.94. The first kappa shape index (κ1) is 29.6. The SMILES string of the molecule is NCc1cccc(-n2nc(C(F)(F)F)cc2C(=O)Nc2cccc(C(NCC3CC3)c3ccccc3CS(=O)[O-])c2)c1. The Kier molecular flexibility index (Phi) is 8.88. The first-order valence-electron chi connectivity index (χ1n) is 13.4. The Labute approximate surface area is 243 Å². The number of nitrogens with one attached hydrogen (secondary N) is 2. The van der Waals surface area contributed by atoms with Crippen LogP contribution in [0.15, 0.2) is 78.9 Å². The van der Waals surface area contributed by atoms with Crippen molar-refractivity contribution in [2.24, 2.45) is 11.7 Å². The number of hydrogen-bond donors (Lipinski definition) is 3. The summed E-state index contributed by atoms with van der Waals surface area (Å²) < 4.78 is 64.9. The summed E-state index contributed by atoms with van der Waals surface area (Å²) in [6.07, 6.45) is -2.53. The van der Waals surface area contributed by atoms with E-state index in [1.807, 2.05) is 18.2 Å². The molecule has 0 aliphatic heterocycles. The Balaban J connectivity index is 1.47. The number of hydrogen-bond acceptors (Lipinski definition) is 6. The van der Waals surface area contributed by atoms with Gasteiger partial charge in [0.2, 0.25) is 0 Å². The van der Waals surface area contributed by atoms with Crippen molar-refractivity contribution in [3.05, 3.63) is 113 Å². The van der Waals surface area contributed by atoms with Crippen molar-refractivity contribution in [3.63, 3.8) is 0 Å². The molecule has 2 unspecified atom stereocenters. The molecule has 4 aromatic rings. The van der Waals surface area contributed by atoms with Gasteiger partial charge < -0.3 is 20.9 Å². The van der Waals surface area contributed by atoms with Crippen LogP contribution in [0.25, 0.3) is 5.69 Å². The van der Waals surface area contributed by atoms with E-state index in [9.17, 15) is 26.7 Å². The molecule has 42 heavy (non-hydrogen) atoms. The minimum absolute atomic E-state index is 0.148. The molecule has 8 nitrogen and oxygen atoms in total. The highest BCUT2D eigenvalue weighted by Gasteiger charge is 2.36. The molecule has 1 aliphatic carbocycles. The Bertz CT molecular complexity index is 1600. The van der Waals surface area contributed by atoms with E-state index in [-0.39, 0.29) is 29.7 Å². The van der Waals surface area contributed by atoms with Gasteiger partial charge in [0.1, 0.15) is 5.69 Å². The molecule has 1 aromatic heterocycles. The molecule has 1 saturated carbocycles. The number of carbonyl (C=O) groups is 1. The van der Waals surface area contributed by atoms with E-state index in [2.05, 4.69) is 15.7 Å². The van der Waals surface area contributed by atoms with E-state index in [0.717, 1.165) is 35.2 Å². The maximum absolute atomic E-state index is 13.6. The Hall–Kier alpha value is -3.84. The molecule has 1 aliphatic rings. The second kappa shape index (κ2) is 12.6. The highest BCUT2D eigenvalue weighted by Crippen LogP contribution is 2.33. The van der Waals surface area contributed by atoms with E-state index >= 15 is 0 Å². The maximum Gasteiger partial charge on any atom is 0.435 e. The average molecular weight is 597 g/mol. The van der Waals surface area contributed by atoms with Crippen LogP contribution in [0.1, 0.15) is 57.3 Å². The monoisotopic (exact) mass is 596 g/mol. The van der Waals surface area contributed by atoms with Crippen molar-refractivity contribution in [3.8, 4) is 5.69 Å². The van der Waals surface area contributed by atoms with Crippen LogP contribution < -0.4 is 16.4 Å². The molecule has 0 spiro atoms. The van der Waals surface area contributed by atoms with Gasteiger partial charge in [-0.3, -0.25) is 9.00 Å². The first-order valence-corrected chi connectivity index (χ1v) is 14.6. The highest BCUT2D eigenvalue weighted by molar-refractivity contribution is 7.78.